The van der Waals surface area contributed by atoms with Gasteiger partial charge >= 0.3 is 5.76 Å². The molecule has 0 saturated carbocycles. The number of anilines is 1. The lowest BCUT2D eigenvalue weighted by Gasteiger charge is -2.12. The van der Waals surface area contributed by atoms with E-state index in [9.17, 15) is 17.2 Å². The number of nitrogens with zero attached hydrogens (tertiary/aromatic N) is 2. The fourth-order valence-electron chi connectivity index (χ4n) is 2.59. The SMILES string of the molecule is Cn1cc(-c2cccc(CNc3ccccc3S(=O)(=O)C(F)F)c2)cn1. The van der Waals surface area contributed by atoms with E-state index in [1.807, 2.05) is 37.5 Å². The van der Waals surface area contributed by atoms with E-state index < -0.39 is 20.5 Å². The van der Waals surface area contributed by atoms with Crippen molar-refractivity contribution in [3.05, 3.63) is 66.5 Å². The molecule has 5 nitrogen and oxygen atoms in total. The molecule has 3 aromatic rings. The third kappa shape index (κ3) is 3.75. The van der Waals surface area contributed by atoms with Crippen molar-refractivity contribution in [1.29, 1.82) is 0 Å². The topological polar surface area (TPSA) is 64.0 Å². The number of sulfone groups is 1. The van der Waals surface area contributed by atoms with Crippen molar-refractivity contribution < 1.29 is 17.2 Å². The predicted molar refractivity (Wildman–Crippen MR) is 95.6 cm³/mol. The fourth-order valence-corrected chi connectivity index (χ4v) is 3.49. The van der Waals surface area contributed by atoms with Gasteiger partial charge in [0.05, 0.1) is 16.8 Å². The van der Waals surface area contributed by atoms with Crippen LogP contribution in [0.25, 0.3) is 11.1 Å². The van der Waals surface area contributed by atoms with Gasteiger partial charge in [-0.1, -0.05) is 30.3 Å². The summed E-state index contributed by atoms with van der Waals surface area (Å²) in [6.45, 7) is 0.296. The van der Waals surface area contributed by atoms with Crippen LogP contribution in [0.1, 0.15) is 5.56 Å². The minimum atomic E-state index is -4.67. The molecule has 1 heterocycles. The number of alkyl halides is 2. The van der Waals surface area contributed by atoms with Crippen LogP contribution in [0.3, 0.4) is 0 Å². The summed E-state index contributed by atoms with van der Waals surface area (Å²) in [5.41, 5.74) is 2.95. The Morgan fingerprint density at radius 2 is 1.88 bits per heavy atom. The number of halogens is 2. The molecule has 0 saturated heterocycles. The molecule has 0 amide bonds. The Morgan fingerprint density at radius 1 is 1.12 bits per heavy atom. The van der Waals surface area contributed by atoms with Gasteiger partial charge in [-0.2, -0.15) is 13.9 Å². The second kappa shape index (κ2) is 7.25. The molecular formula is C18H17F2N3O2S. The second-order valence-corrected chi connectivity index (χ2v) is 7.64. The molecule has 3 rings (SSSR count). The summed E-state index contributed by atoms with van der Waals surface area (Å²) < 4.78 is 51.0. The number of aryl methyl sites for hydroxylation is 1. The Balaban J connectivity index is 1.83. The van der Waals surface area contributed by atoms with Gasteiger partial charge < -0.3 is 5.32 Å². The van der Waals surface area contributed by atoms with Crippen LogP contribution < -0.4 is 5.32 Å². The Labute approximate surface area is 150 Å². The van der Waals surface area contributed by atoms with E-state index in [2.05, 4.69) is 10.4 Å². The zero-order chi connectivity index (χ0) is 18.7. The lowest BCUT2D eigenvalue weighted by Crippen LogP contribution is -2.14. The number of hydrogen-bond donors (Lipinski definition) is 1. The monoisotopic (exact) mass is 377 g/mol. The zero-order valence-electron chi connectivity index (χ0n) is 13.9. The van der Waals surface area contributed by atoms with Gasteiger partial charge in [-0.05, 0) is 29.3 Å². The maximum atomic E-state index is 12.9. The quantitative estimate of drug-likeness (QED) is 0.712. The van der Waals surface area contributed by atoms with Crippen molar-refractivity contribution in [1.82, 2.24) is 9.78 Å². The van der Waals surface area contributed by atoms with Gasteiger partial charge in [0, 0.05) is 25.4 Å². The zero-order valence-corrected chi connectivity index (χ0v) is 14.7. The molecule has 2 aromatic carbocycles. The third-order valence-corrected chi connectivity index (χ3v) is 5.31. The second-order valence-electron chi connectivity index (χ2n) is 5.76. The summed E-state index contributed by atoms with van der Waals surface area (Å²) in [4.78, 5) is -0.404. The number of para-hydroxylation sites is 1. The van der Waals surface area contributed by atoms with Gasteiger partial charge in [-0.25, -0.2) is 8.42 Å². The summed E-state index contributed by atoms with van der Waals surface area (Å²) in [5, 5.41) is 7.08. The molecule has 0 atom stereocenters. The minimum absolute atomic E-state index is 0.152. The summed E-state index contributed by atoms with van der Waals surface area (Å²) >= 11 is 0. The molecular weight excluding hydrogens is 360 g/mol. The van der Waals surface area contributed by atoms with E-state index in [4.69, 9.17) is 0 Å². The van der Waals surface area contributed by atoms with Gasteiger partial charge in [-0.3, -0.25) is 4.68 Å². The predicted octanol–water partition coefficient (Wildman–Crippen LogP) is 3.70. The van der Waals surface area contributed by atoms with Crippen molar-refractivity contribution in [2.75, 3.05) is 5.32 Å². The van der Waals surface area contributed by atoms with E-state index in [0.29, 0.717) is 6.54 Å². The van der Waals surface area contributed by atoms with Gasteiger partial charge in [-0.15, -0.1) is 0 Å². The van der Waals surface area contributed by atoms with Crippen LogP contribution in [0, 0.1) is 0 Å². The first-order chi connectivity index (χ1) is 12.4. The summed E-state index contributed by atoms with van der Waals surface area (Å²) in [6, 6.07) is 13.3. The van der Waals surface area contributed by atoms with E-state index in [1.165, 1.54) is 18.2 Å². The third-order valence-electron chi connectivity index (χ3n) is 3.88. The van der Waals surface area contributed by atoms with Crippen molar-refractivity contribution in [3.8, 4) is 11.1 Å². The van der Waals surface area contributed by atoms with Crippen LogP contribution in [0.4, 0.5) is 14.5 Å². The standard InChI is InChI=1S/C18H17F2N3O2S/c1-23-12-15(11-22-23)14-6-4-5-13(9-14)10-21-16-7-2-3-8-17(16)26(24,25)18(19)20/h2-9,11-12,18,21H,10H2,1H3. The molecule has 0 aliphatic rings. The van der Waals surface area contributed by atoms with Crippen LogP contribution in [-0.4, -0.2) is 24.0 Å². The molecule has 136 valence electrons. The Morgan fingerprint density at radius 3 is 2.58 bits per heavy atom. The maximum Gasteiger partial charge on any atom is 0.341 e. The molecule has 0 spiro atoms. The molecule has 0 aliphatic carbocycles. The van der Waals surface area contributed by atoms with Crippen LogP contribution in [0.5, 0.6) is 0 Å². The number of hydrogen-bond acceptors (Lipinski definition) is 4. The number of aromatic nitrogens is 2. The lowest BCUT2D eigenvalue weighted by atomic mass is 10.1. The highest BCUT2D eigenvalue weighted by Gasteiger charge is 2.28. The Kier molecular flexibility index (Phi) is 5.03. The molecule has 1 aromatic heterocycles. The van der Waals surface area contributed by atoms with Crippen LogP contribution in [0.15, 0.2) is 65.8 Å². The largest absolute Gasteiger partial charge is 0.380 e. The van der Waals surface area contributed by atoms with Crippen molar-refractivity contribution in [2.45, 2.75) is 17.2 Å². The highest BCUT2D eigenvalue weighted by Crippen LogP contribution is 2.27. The highest BCUT2D eigenvalue weighted by atomic mass is 32.2. The summed E-state index contributed by atoms with van der Waals surface area (Å²) in [6.07, 6.45) is 3.63. The first kappa shape index (κ1) is 18.1. The molecule has 26 heavy (non-hydrogen) atoms. The average Bonchev–Trinajstić information content (AvgIpc) is 3.07. The molecule has 0 aliphatic heterocycles. The highest BCUT2D eigenvalue weighted by molar-refractivity contribution is 7.91. The summed E-state index contributed by atoms with van der Waals surface area (Å²) in [5.74, 6) is -3.46. The summed E-state index contributed by atoms with van der Waals surface area (Å²) in [7, 11) is -2.84. The smallest absolute Gasteiger partial charge is 0.341 e. The molecule has 0 fully saturated rings. The molecule has 0 bridgehead atoms. The fraction of sp³-hybridized carbons (Fsp3) is 0.167. The van der Waals surface area contributed by atoms with E-state index in [0.717, 1.165) is 16.7 Å². The normalized spacial score (nSPS) is 11.7. The minimum Gasteiger partial charge on any atom is -0.380 e. The molecule has 0 radical (unpaired) electrons. The van der Waals surface area contributed by atoms with Crippen LogP contribution in [-0.2, 0) is 23.4 Å². The number of nitrogens with one attached hydrogen (secondary N) is 1. The van der Waals surface area contributed by atoms with E-state index >= 15 is 0 Å². The van der Waals surface area contributed by atoms with E-state index in [-0.39, 0.29) is 5.69 Å². The van der Waals surface area contributed by atoms with Gasteiger partial charge in [0.15, 0.2) is 0 Å². The number of rotatable bonds is 6. The molecule has 8 heteroatoms. The Bertz CT molecular complexity index is 1020. The van der Waals surface area contributed by atoms with Crippen molar-refractivity contribution in [3.63, 3.8) is 0 Å². The average molecular weight is 377 g/mol. The molecule has 0 unspecified atom stereocenters. The van der Waals surface area contributed by atoms with Gasteiger partial charge in [0.2, 0.25) is 9.84 Å². The van der Waals surface area contributed by atoms with Crippen molar-refractivity contribution >= 4 is 15.5 Å². The molecule has 1 N–H and O–H groups in total. The lowest BCUT2D eigenvalue weighted by molar-refractivity contribution is 0.235. The van der Waals surface area contributed by atoms with E-state index in [1.54, 1.807) is 16.9 Å². The number of benzene rings is 2. The first-order valence-corrected chi connectivity index (χ1v) is 9.35. The Hall–Kier alpha value is -2.74. The van der Waals surface area contributed by atoms with Gasteiger partial charge in [0.25, 0.3) is 0 Å². The van der Waals surface area contributed by atoms with Crippen LogP contribution >= 0.6 is 0 Å². The van der Waals surface area contributed by atoms with Crippen LogP contribution in [0.2, 0.25) is 0 Å². The van der Waals surface area contributed by atoms with Gasteiger partial charge in [0.1, 0.15) is 0 Å². The maximum absolute atomic E-state index is 12.9. The first-order valence-electron chi connectivity index (χ1n) is 7.81. The van der Waals surface area contributed by atoms with Crippen molar-refractivity contribution in [2.24, 2.45) is 7.05 Å².